The van der Waals surface area contributed by atoms with Crippen molar-refractivity contribution in [2.24, 2.45) is 5.41 Å². The third-order valence-electron chi connectivity index (χ3n) is 7.78. The first kappa shape index (κ1) is 24.2. The summed E-state index contributed by atoms with van der Waals surface area (Å²) in [5.74, 6) is 0.169. The second-order valence-corrected chi connectivity index (χ2v) is 12.1. The van der Waals surface area contributed by atoms with Crippen LogP contribution in [0.3, 0.4) is 0 Å². The standard InChI is InChI=1S/C27H36FN3O4/c1-24(2,3)35-23(32)31-26-11-13-27(14-12-26,34-17-26)8-7-18-19(28)15-29-20-5-6-21(30-22(18)20)33-16-25(4)9-10-25/h5-6,15H,7-14,16-17H2,1-4H3,(H,31,32). The van der Waals surface area contributed by atoms with Gasteiger partial charge < -0.3 is 19.5 Å². The van der Waals surface area contributed by atoms with Crippen molar-refractivity contribution in [3.8, 4) is 5.88 Å². The fourth-order valence-electron chi connectivity index (χ4n) is 5.12. The van der Waals surface area contributed by atoms with Crippen molar-refractivity contribution in [1.29, 1.82) is 0 Å². The minimum Gasteiger partial charge on any atom is -0.477 e. The predicted octanol–water partition coefficient (Wildman–Crippen LogP) is 5.49. The number of nitrogens with one attached hydrogen (secondary N) is 1. The van der Waals surface area contributed by atoms with Gasteiger partial charge in [-0.2, -0.15) is 0 Å². The number of alkyl carbamates (subject to hydrolysis) is 1. The van der Waals surface area contributed by atoms with Crippen LogP contribution in [0.4, 0.5) is 9.18 Å². The van der Waals surface area contributed by atoms with Crippen LogP contribution in [0.5, 0.6) is 5.88 Å². The highest BCUT2D eigenvalue weighted by Gasteiger charge is 2.50. The molecule has 2 aromatic heterocycles. The van der Waals surface area contributed by atoms with Gasteiger partial charge in [-0.25, -0.2) is 14.2 Å². The third-order valence-corrected chi connectivity index (χ3v) is 7.78. The fraction of sp³-hybridized carbons (Fsp3) is 0.667. The number of pyridine rings is 2. The molecular weight excluding hydrogens is 449 g/mol. The molecule has 0 spiro atoms. The van der Waals surface area contributed by atoms with Gasteiger partial charge in [0.2, 0.25) is 5.88 Å². The third kappa shape index (κ3) is 5.37. The van der Waals surface area contributed by atoms with Gasteiger partial charge in [-0.15, -0.1) is 0 Å². The zero-order valence-corrected chi connectivity index (χ0v) is 21.2. The second kappa shape index (κ2) is 8.57. The molecule has 2 bridgehead atoms. The maximum Gasteiger partial charge on any atom is 0.408 e. The van der Waals surface area contributed by atoms with Gasteiger partial charge in [0.25, 0.3) is 0 Å². The smallest absolute Gasteiger partial charge is 0.408 e. The van der Waals surface area contributed by atoms with Crippen LogP contribution in [-0.2, 0) is 15.9 Å². The molecule has 4 aliphatic rings. The fourth-order valence-corrected chi connectivity index (χ4v) is 5.12. The number of ether oxygens (including phenoxy) is 3. The molecule has 190 valence electrons. The highest BCUT2D eigenvalue weighted by Crippen LogP contribution is 2.47. The van der Waals surface area contributed by atoms with Crippen molar-refractivity contribution in [2.45, 2.75) is 95.8 Å². The molecule has 2 saturated heterocycles. The summed E-state index contributed by atoms with van der Waals surface area (Å²) in [5, 5.41) is 3.06. The molecule has 2 saturated carbocycles. The lowest BCUT2D eigenvalue weighted by Crippen LogP contribution is -2.63. The van der Waals surface area contributed by atoms with Crippen molar-refractivity contribution >= 4 is 17.1 Å². The molecule has 0 radical (unpaired) electrons. The van der Waals surface area contributed by atoms with Gasteiger partial charge >= 0.3 is 6.09 Å². The average Bonchev–Trinajstić information content (AvgIpc) is 3.54. The van der Waals surface area contributed by atoms with Gasteiger partial charge in [0.1, 0.15) is 11.4 Å². The Morgan fingerprint density at radius 2 is 1.91 bits per heavy atom. The summed E-state index contributed by atoms with van der Waals surface area (Å²) in [5.41, 5.74) is 0.793. The summed E-state index contributed by atoms with van der Waals surface area (Å²) in [7, 11) is 0. The van der Waals surface area contributed by atoms with Crippen molar-refractivity contribution in [3.05, 3.63) is 29.7 Å². The topological polar surface area (TPSA) is 82.6 Å². The number of hydrogen-bond acceptors (Lipinski definition) is 6. The van der Waals surface area contributed by atoms with Crippen LogP contribution in [0.25, 0.3) is 11.0 Å². The molecule has 6 rings (SSSR count). The summed E-state index contributed by atoms with van der Waals surface area (Å²) in [6.45, 7) is 8.83. The van der Waals surface area contributed by atoms with Crippen molar-refractivity contribution in [2.75, 3.05) is 13.2 Å². The van der Waals surface area contributed by atoms with Crippen LogP contribution in [0.1, 0.15) is 78.2 Å². The number of carbonyl (C=O) groups excluding carboxylic acids is 1. The van der Waals surface area contributed by atoms with E-state index in [0.717, 1.165) is 25.7 Å². The maximum absolute atomic E-state index is 14.9. The number of rotatable bonds is 7. The number of carbonyl (C=O) groups is 1. The van der Waals surface area contributed by atoms with Gasteiger partial charge in [-0.1, -0.05) is 6.92 Å². The highest BCUT2D eigenvalue weighted by atomic mass is 19.1. The van der Waals surface area contributed by atoms with E-state index in [-0.39, 0.29) is 22.4 Å². The summed E-state index contributed by atoms with van der Waals surface area (Å²) < 4.78 is 32.6. The SMILES string of the molecule is CC1(COc2ccc3ncc(F)c(CCC45CCC(NC(=O)OC(C)(C)C)(CC4)CO5)c3n2)CC1. The average molecular weight is 486 g/mol. The molecule has 8 heteroatoms. The molecule has 2 aromatic rings. The molecule has 7 nitrogen and oxygen atoms in total. The Kier molecular flexibility index (Phi) is 5.93. The lowest BCUT2D eigenvalue weighted by molar-refractivity contribution is -0.163. The van der Waals surface area contributed by atoms with E-state index in [9.17, 15) is 9.18 Å². The number of hydrogen-bond donors (Lipinski definition) is 1. The van der Waals surface area contributed by atoms with Gasteiger partial charge in [-0.05, 0) is 78.2 Å². The van der Waals surface area contributed by atoms with Crippen LogP contribution in [0, 0.1) is 11.2 Å². The monoisotopic (exact) mass is 485 g/mol. The molecule has 0 unspecified atom stereocenters. The summed E-state index contributed by atoms with van der Waals surface area (Å²) in [6.07, 6.45) is 7.67. The Bertz CT molecular complexity index is 1100. The van der Waals surface area contributed by atoms with Crippen molar-refractivity contribution in [1.82, 2.24) is 15.3 Å². The first-order valence-electron chi connectivity index (χ1n) is 12.7. The molecule has 4 fully saturated rings. The number of amides is 1. The minimum absolute atomic E-state index is 0.242. The van der Waals surface area contributed by atoms with Gasteiger partial charge in [0.05, 0.1) is 41.6 Å². The summed E-state index contributed by atoms with van der Waals surface area (Å²) in [6, 6.07) is 3.66. The van der Waals surface area contributed by atoms with Gasteiger partial charge in [0, 0.05) is 17.0 Å². The second-order valence-electron chi connectivity index (χ2n) is 12.1. The zero-order chi connectivity index (χ0) is 24.9. The molecule has 2 aliphatic heterocycles. The van der Waals surface area contributed by atoms with E-state index in [4.69, 9.17) is 14.2 Å². The molecule has 0 aromatic carbocycles. The Morgan fingerprint density at radius 1 is 1.17 bits per heavy atom. The normalized spacial score (nSPS) is 27.0. The predicted molar refractivity (Wildman–Crippen MR) is 130 cm³/mol. The highest BCUT2D eigenvalue weighted by molar-refractivity contribution is 5.78. The Balaban J connectivity index is 1.25. The van der Waals surface area contributed by atoms with E-state index < -0.39 is 11.7 Å². The zero-order valence-electron chi connectivity index (χ0n) is 21.2. The lowest BCUT2D eigenvalue weighted by Gasteiger charge is -2.53. The largest absolute Gasteiger partial charge is 0.477 e. The number of nitrogens with zero attached hydrogens (tertiary/aromatic N) is 2. The number of aryl methyl sites for hydroxylation is 1. The van der Waals surface area contributed by atoms with Gasteiger partial charge in [0.15, 0.2) is 0 Å². The maximum atomic E-state index is 14.9. The molecule has 35 heavy (non-hydrogen) atoms. The van der Waals surface area contributed by atoms with Crippen LogP contribution in [-0.4, -0.2) is 46.0 Å². The first-order chi connectivity index (χ1) is 16.5. The lowest BCUT2D eigenvalue weighted by atomic mass is 9.69. The van der Waals surface area contributed by atoms with E-state index in [2.05, 4.69) is 22.2 Å². The van der Waals surface area contributed by atoms with Crippen molar-refractivity contribution < 1.29 is 23.4 Å². The van der Waals surface area contributed by atoms with E-state index in [1.165, 1.54) is 19.0 Å². The van der Waals surface area contributed by atoms with Gasteiger partial charge in [-0.3, -0.25) is 4.98 Å². The molecule has 1 N–H and O–H groups in total. The summed E-state index contributed by atoms with van der Waals surface area (Å²) in [4.78, 5) is 21.2. The van der Waals surface area contributed by atoms with E-state index >= 15 is 0 Å². The molecule has 4 heterocycles. The van der Waals surface area contributed by atoms with Crippen molar-refractivity contribution in [3.63, 3.8) is 0 Å². The number of aromatic nitrogens is 2. The number of fused-ring (bicyclic) bond motifs is 4. The Labute approximate surface area is 206 Å². The molecular formula is C27H36FN3O4. The molecule has 0 atom stereocenters. The Hall–Kier alpha value is -2.48. The quantitative estimate of drug-likeness (QED) is 0.559. The van der Waals surface area contributed by atoms with Crippen LogP contribution in [0.15, 0.2) is 18.3 Å². The molecule has 1 amide bonds. The van der Waals surface area contributed by atoms with Crippen LogP contribution < -0.4 is 10.1 Å². The first-order valence-corrected chi connectivity index (χ1v) is 12.7. The summed E-state index contributed by atoms with van der Waals surface area (Å²) >= 11 is 0. The Morgan fingerprint density at radius 3 is 2.54 bits per heavy atom. The van der Waals surface area contributed by atoms with E-state index in [1.54, 1.807) is 0 Å². The number of halogens is 1. The van der Waals surface area contributed by atoms with E-state index in [0.29, 0.717) is 48.5 Å². The molecule has 2 aliphatic carbocycles. The van der Waals surface area contributed by atoms with E-state index in [1.807, 2.05) is 32.9 Å². The minimum atomic E-state index is -0.541. The van der Waals surface area contributed by atoms with Crippen LogP contribution in [0.2, 0.25) is 0 Å². The van der Waals surface area contributed by atoms with Crippen LogP contribution >= 0.6 is 0 Å².